The highest BCUT2D eigenvalue weighted by Gasteiger charge is 2.22. The van der Waals surface area contributed by atoms with E-state index < -0.39 is 6.10 Å². The molecule has 0 radical (unpaired) electrons. The van der Waals surface area contributed by atoms with E-state index in [1.54, 1.807) is 6.92 Å². The average molecular weight is 385 g/mol. The number of carbonyl (C=O) groups is 1. The molecule has 0 saturated carbocycles. The largest absolute Gasteiger partial charge is 0.481 e. The van der Waals surface area contributed by atoms with Crippen LogP contribution in [0.5, 0.6) is 5.75 Å². The highest BCUT2D eigenvalue weighted by atomic mass is 19.1. The highest BCUT2D eigenvalue weighted by Crippen LogP contribution is 2.16. The van der Waals surface area contributed by atoms with Crippen LogP contribution < -0.4 is 15.0 Å². The summed E-state index contributed by atoms with van der Waals surface area (Å²) in [6.07, 6.45) is -0.632. The fraction of sp³-hybridized carbons (Fsp3) is 0.409. The Balaban J connectivity index is 1.40. The second-order valence-corrected chi connectivity index (χ2v) is 7.17. The van der Waals surface area contributed by atoms with Gasteiger partial charge in [0, 0.05) is 44.5 Å². The molecule has 0 aliphatic carbocycles. The summed E-state index contributed by atoms with van der Waals surface area (Å²) < 4.78 is 18.5. The number of nitrogens with one attached hydrogen (secondary N) is 1. The van der Waals surface area contributed by atoms with E-state index >= 15 is 0 Å². The van der Waals surface area contributed by atoms with Gasteiger partial charge in [0.15, 0.2) is 6.10 Å². The van der Waals surface area contributed by atoms with E-state index in [0.717, 1.165) is 26.2 Å². The SMILES string of the molecule is C[C@H](Oc1ccc(F)cc1)C(=O)NC[C@@H](C)N1CCN(c2ccccc2)CC1. The summed E-state index contributed by atoms with van der Waals surface area (Å²) in [6, 6.07) is 16.4. The number of hydrogen-bond donors (Lipinski definition) is 1. The van der Waals surface area contributed by atoms with Crippen molar-refractivity contribution in [1.82, 2.24) is 10.2 Å². The maximum atomic E-state index is 12.9. The molecule has 0 spiro atoms. The van der Waals surface area contributed by atoms with Crippen LogP contribution in [-0.2, 0) is 4.79 Å². The summed E-state index contributed by atoms with van der Waals surface area (Å²) in [4.78, 5) is 17.1. The van der Waals surface area contributed by atoms with Crippen molar-refractivity contribution in [2.75, 3.05) is 37.6 Å². The van der Waals surface area contributed by atoms with Crippen LogP contribution in [0.4, 0.5) is 10.1 Å². The van der Waals surface area contributed by atoms with Gasteiger partial charge in [-0.05, 0) is 50.2 Å². The van der Waals surface area contributed by atoms with Crippen molar-refractivity contribution in [1.29, 1.82) is 0 Å². The minimum absolute atomic E-state index is 0.168. The number of amides is 1. The van der Waals surface area contributed by atoms with Gasteiger partial charge in [-0.2, -0.15) is 0 Å². The van der Waals surface area contributed by atoms with Crippen LogP contribution in [0.3, 0.4) is 0 Å². The molecule has 1 aliphatic heterocycles. The van der Waals surface area contributed by atoms with E-state index in [1.165, 1.54) is 30.0 Å². The molecule has 0 unspecified atom stereocenters. The third kappa shape index (κ3) is 5.45. The molecule has 3 rings (SSSR count). The van der Waals surface area contributed by atoms with Crippen LogP contribution in [0.15, 0.2) is 54.6 Å². The standard InChI is InChI=1S/C22H28FN3O2/c1-17(25-12-14-26(15-13-25)20-6-4-3-5-7-20)16-24-22(27)18(2)28-21-10-8-19(23)9-11-21/h3-11,17-18H,12-16H2,1-2H3,(H,24,27)/t17-,18+/m1/s1. The molecule has 150 valence electrons. The molecule has 0 bridgehead atoms. The van der Waals surface area contributed by atoms with E-state index in [9.17, 15) is 9.18 Å². The molecule has 1 aliphatic rings. The quantitative estimate of drug-likeness (QED) is 0.796. The summed E-state index contributed by atoms with van der Waals surface area (Å²) in [7, 11) is 0. The molecule has 2 aromatic rings. The number of anilines is 1. The van der Waals surface area contributed by atoms with E-state index in [1.807, 2.05) is 6.07 Å². The molecule has 28 heavy (non-hydrogen) atoms. The van der Waals surface area contributed by atoms with Crippen molar-refractivity contribution in [3.05, 3.63) is 60.4 Å². The fourth-order valence-corrected chi connectivity index (χ4v) is 3.35. The summed E-state index contributed by atoms with van der Waals surface area (Å²) >= 11 is 0. The van der Waals surface area contributed by atoms with Crippen molar-refractivity contribution in [3.8, 4) is 5.75 Å². The van der Waals surface area contributed by atoms with Gasteiger partial charge in [0.1, 0.15) is 11.6 Å². The van der Waals surface area contributed by atoms with Crippen LogP contribution in [0.2, 0.25) is 0 Å². The molecule has 5 nitrogen and oxygen atoms in total. The molecule has 1 heterocycles. The number of rotatable bonds is 7. The van der Waals surface area contributed by atoms with Crippen molar-refractivity contribution in [3.63, 3.8) is 0 Å². The smallest absolute Gasteiger partial charge is 0.260 e. The van der Waals surface area contributed by atoms with Crippen LogP contribution in [0.1, 0.15) is 13.8 Å². The van der Waals surface area contributed by atoms with E-state index in [4.69, 9.17) is 4.74 Å². The number of ether oxygens (including phenoxy) is 1. The zero-order valence-electron chi connectivity index (χ0n) is 16.5. The molecule has 1 N–H and O–H groups in total. The first kappa shape index (κ1) is 20.1. The second-order valence-electron chi connectivity index (χ2n) is 7.17. The van der Waals surface area contributed by atoms with Crippen LogP contribution >= 0.6 is 0 Å². The molecule has 1 saturated heterocycles. The van der Waals surface area contributed by atoms with Gasteiger partial charge in [0.05, 0.1) is 0 Å². The minimum Gasteiger partial charge on any atom is -0.481 e. The zero-order valence-corrected chi connectivity index (χ0v) is 16.5. The minimum atomic E-state index is -0.632. The van der Waals surface area contributed by atoms with E-state index in [-0.39, 0.29) is 17.8 Å². The number of piperazine rings is 1. The predicted octanol–water partition coefficient (Wildman–Crippen LogP) is 2.92. The van der Waals surface area contributed by atoms with Gasteiger partial charge in [-0.15, -0.1) is 0 Å². The van der Waals surface area contributed by atoms with Gasteiger partial charge in [0.2, 0.25) is 0 Å². The molecule has 6 heteroatoms. The third-order valence-electron chi connectivity index (χ3n) is 5.13. The first-order valence-corrected chi connectivity index (χ1v) is 9.77. The molecule has 0 aromatic heterocycles. The summed E-state index contributed by atoms with van der Waals surface area (Å²) in [6.45, 7) is 8.28. The van der Waals surface area contributed by atoms with Crippen molar-refractivity contribution in [2.45, 2.75) is 26.0 Å². The van der Waals surface area contributed by atoms with Crippen LogP contribution in [-0.4, -0.2) is 55.7 Å². The Morgan fingerprint density at radius 1 is 1.04 bits per heavy atom. The third-order valence-corrected chi connectivity index (χ3v) is 5.13. The topological polar surface area (TPSA) is 44.8 Å². The van der Waals surface area contributed by atoms with Crippen molar-refractivity contribution < 1.29 is 13.9 Å². The number of benzene rings is 2. The van der Waals surface area contributed by atoms with Gasteiger partial charge >= 0.3 is 0 Å². The van der Waals surface area contributed by atoms with Gasteiger partial charge in [-0.25, -0.2) is 4.39 Å². The molecule has 1 fully saturated rings. The Kier molecular flexibility index (Phi) is 6.87. The summed E-state index contributed by atoms with van der Waals surface area (Å²) in [5.41, 5.74) is 1.26. The first-order valence-electron chi connectivity index (χ1n) is 9.77. The lowest BCUT2D eigenvalue weighted by Gasteiger charge is -2.39. The lowest BCUT2D eigenvalue weighted by atomic mass is 10.2. The molecule has 1 amide bonds. The van der Waals surface area contributed by atoms with Gasteiger partial charge < -0.3 is 15.0 Å². The maximum absolute atomic E-state index is 12.9. The predicted molar refractivity (Wildman–Crippen MR) is 109 cm³/mol. The number of para-hydroxylation sites is 1. The normalized spacial score (nSPS) is 17.0. The monoisotopic (exact) mass is 385 g/mol. The Morgan fingerprint density at radius 3 is 2.32 bits per heavy atom. The Hall–Kier alpha value is -2.60. The van der Waals surface area contributed by atoms with Crippen LogP contribution in [0.25, 0.3) is 0 Å². The zero-order chi connectivity index (χ0) is 19.9. The fourth-order valence-electron chi connectivity index (χ4n) is 3.35. The van der Waals surface area contributed by atoms with Crippen molar-refractivity contribution in [2.24, 2.45) is 0 Å². The van der Waals surface area contributed by atoms with E-state index in [0.29, 0.717) is 12.3 Å². The Morgan fingerprint density at radius 2 is 1.68 bits per heavy atom. The molecule has 2 atom stereocenters. The Bertz CT molecular complexity index is 746. The van der Waals surface area contributed by atoms with Gasteiger partial charge in [-0.3, -0.25) is 9.69 Å². The van der Waals surface area contributed by atoms with Crippen molar-refractivity contribution >= 4 is 11.6 Å². The Labute approximate surface area is 166 Å². The summed E-state index contributed by atoms with van der Waals surface area (Å²) in [5.74, 6) is -0.0149. The average Bonchev–Trinajstić information content (AvgIpc) is 2.74. The summed E-state index contributed by atoms with van der Waals surface area (Å²) in [5, 5.41) is 2.96. The maximum Gasteiger partial charge on any atom is 0.260 e. The van der Waals surface area contributed by atoms with Crippen LogP contribution in [0, 0.1) is 5.82 Å². The highest BCUT2D eigenvalue weighted by molar-refractivity contribution is 5.80. The number of hydrogen-bond acceptors (Lipinski definition) is 4. The number of carbonyl (C=O) groups excluding carboxylic acids is 1. The molecular formula is C22H28FN3O2. The number of nitrogens with zero attached hydrogens (tertiary/aromatic N) is 2. The lowest BCUT2D eigenvalue weighted by Crippen LogP contribution is -2.53. The molecular weight excluding hydrogens is 357 g/mol. The van der Waals surface area contributed by atoms with Gasteiger partial charge in [-0.1, -0.05) is 18.2 Å². The second kappa shape index (κ2) is 9.55. The van der Waals surface area contributed by atoms with E-state index in [2.05, 4.69) is 46.3 Å². The lowest BCUT2D eigenvalue weighted by molar-refractivity contribution is -0.127. The van der Waals surface area contributed by atoms with Gasteiger partial charge in [0.25, 0.3) is 5.91 Å². The first-order chi connectivity index (χ1) is 13.5. The number of halogens is 1. The molecule has 2 aromatic carbocycles.